The molecule has 0 radical (unpaired) electrons. The molecule has 1 N–H and O–H groups in total. The molecule has 25 heavy (non-hydrogen) atoms. The van der Waals surface area contributed by atoms with Gasteiger partial charge in [0, 0.05) is 45.0 Å². The van der Waals surface area contributed by atoms with Crippen molar-refractivity contribution in [1.29, 1.82) is 5.26 Å². The molecular formula is C19H23N5O. The number of aromatic nitrogens is 2. The predicted molar refractivity (Wildman–Crippen MR) is 95.0 cm³/mol. The molecule has 6 heteroatoms. The molecule has 2 atom stereocenters. The van der Waals surface area contributed by atoms with Crippen LogP contribution in [-0.2, 0) is 18.3 Å². The van der Waals surface area contributed by atoms with Crippen LogP contribution in [0.4, 0.5) is 5.69 Å². The van der Waals surface area contributed by atoms with Gasteiger partial charge in [0.2, 0.25) is 0 Å². The molecule has 2 saturated heterocycles. The molecule has 0 amide bonds. The average molecular weight is 337 g/mol. The van der Waals surface area contributed by atoms with Crippen LogP contribution >= 0.6 is 0 Å². The number of hydrogen-bond donors (Lipinski definition) is 1. The van der Waals surface area contributed by atoms with Crippen LogP contribution in [0.1, 0.15) is 24.1 Å². The Morgan fingerprint density at radius 2 is 2.40 bits per heavy atom. The van der Waals surface area contributed by atoms with Gasteiger partial charge in [0.25, 0.3) is 0 Å². The van der Waals surface area contributed by atoms with E-state index in [2.05, 4.69) is 25.8 Å². The van der Waals surface area contributed by atoms with Crippen molar-refractivity contribution in [3.05, 3.63) is 48.0 Å². The first-order valence-corrected chi connectivity index (χ1v) is 8.74. The first-order chi connectivity index (χ1) is 12.2. The smallest absolute Gasteiger partial charge is 0.0992 e. The summed E-state index contributed by atoms with van der Waals surface area (Å²) in [5.41, 5.74) is 2.87. The topological polar surface area (TPSA) is 66.1 Å². The van der Waals surface area contributed by atoms with Crippen LogP contribution in [0.25, 0.3) is 0 Å². The number of aryl methyl sites for hydroxylation is 1. The van der Waals surface area contributed by atoms with Crippen LogP contribution in [0.2, 0.25) is 0 Å². The summed E-state index contributed by atoms with van der Waals surface area (Å²) in [7, 11) is 2.04. The van der Waals surface area contributed by atoms with E-state index in [1.54, 1.807) is 0 Å². The minimum atomic E-state index is -0.0386. The Bertz CT molecular complexity index is 795. The second-order valence-corrected chi connectivity index (χ2v) is 7.19. The minimum absolute atomic E-state index is 0.0386. The highest BCUT2D eigenvalue weighted by Gasteiger charge is 2.45. The summed E-state index contributed by atoms with van der Waals surface area (Å²) in [6, 6.07) is 10.1. The number of anilines is 1. The van der Waals surface area contributed by atoms with E-state index in [9.17, 15) is 0 Å². The Balaban J connectivity index is 1.36. The summed E-state index contributed by atoms with van der Waals surface area (Å²) in [6.45, 7) is 3.66. The van der Waals surface area contributed by atoms with Gasteiger partial charge in [-0.05, 0) is 24.6 Å². The number of imidazole rings is 1. The predicted octanol–water partition coefficient (Wildman–Crippen LogP) is 2.14. The van der Waals surface area contributed by atoms with Gasteiger partial charge in [-0.25, -0.2) is 4.98 Å². The highest BCUT2D eigenvalue weighted by molar-refractivity contribution is 5.50. The van der Waals surface area contributed by atoms with Crippen molar-refractivity contribution in [2.45, 2.75) is 31.0 Å². The Labute approximate surface area is 148 Å². The zero-order chi connectivity index (χ0) is 17.3. The molecule has 0 unspecified atom stereocenters. The first kappa shape index (κ1) is 16.1. The molecule has 0 aliphatic carbocycles. The lowest BCUT2D eigenvalue weighted by Crippen LogP contribution is -2.33. The number of nitrogens with one attached hydrogen (secondary N) is 1. The van der Waals surface area contributed by atoms with E-state index in [-0.39, 0.29) is 5.60 Å². The van der Waals surface area contributed by atoms with Crippen molar-refractivity contribution in [3.63, 3.8) is 0 Å². The van der Waals surface area contributed by atoms with E-state index in [1.165, 1.54) is 5.69 Å². The summed E-state index contributed by atoms with van der Waals surface area (Å²) < 4.78 is 8.31. The molecule has 2 aliphatic heterocycles. The van der Waals surface area contributed by atoms with E-state index >= 15 is 0 Å². The average Bonchev–Trinajstić information content (AvgIpc) is 3.31. The third kappa shape index (κ3) is 3.39. The summed E-state index contributed by atoms with van der Waals surface area (Å²) >= 11 is 0. The number of benzene rings is 1. The van der Waals surface area contributed by atoms with Gasteiger partial charge in [-0.1, -0.05) is 6.07 Å². The van der Waals surface area contributed by atoms with Gasteiger partial charge in [-0.15, -0.1) is 0 Å². The Hall–Kier alpha value is -2.36. The van der Waals surface area contributed by atoms with Gasteiger partial charge in [0.05, 0.1) is 41.9 Å². The molecule has 2 fully saturated rings. The highest BCUT2D eigenvalue weighted by Crippen LogP contribution is 2.36. The Kier molecular flexibility index (Phi) is 4.20. The van der Waals surface area contributed by atoms with Crippen molar-refractivity contribution < 1.29 is 4.74 Å². The molecular weight excluding hydrogens is 314 g/mol. The monoisotopic (exact) mass is 337 g/mol. The van der Waals surface area contributed by atoms with Crippen molar-refractivity contribution in [3.8, 4) is 6.07 Å². The number of ether oxygens (including phenoxy) is 1. The lowest BCUT2D eigenvalue weighted by atomic mass is 9.97. The van der Waals surface area contributed by atoms with Crippen molar-refractivity contribution in [1.82, 2.24) is 14.5 Å². The summed E-state index contributed by atoms with van der Waals surface area (Å²) in [5, 5.41) is 12.6. The van der Waals surface area contributed by atoms with Gasteiger partial charge >= 0.3 is 0 Å². The first-order valence-electron chi connectivity index (χ1n) is 8.74. The number of nitriles is 1. The molecule has 3 heterocycles. The summed E-state index contributed by atoms with van der Waals surface area (Å²) in [5.74, 6) is 0. The fourth-order valence-corrected chi connectivity index (χ4v) is 3.96. The van der Waals surface area contributed by atoms with Gasteiger partial charge in [-0.2, -0.15) is 5.26 Å². The molecule has 6 nitrogen and oxygen atoms in total. The second-order valence-electron chi connectivity index (χ2n) is 7.19. The van der Waals surface area contributed by atoms with Gasteiger partial charge < -0.3 is 14.6 Å². The maximum absolute atomic E-state index is 9.03. The molecule has 0 bridgehead atoms. The molecule has 2 aromatic rings. The number of likely N-dealkylation sites (tertiary alicyclic amines) is 1. The van der Waals surface area contributed by atoms with Gasteiger partial charge in [0.15, 0.2) is 0 Å². The Morgan fingerprint density at radius 1 is 1.48 bits per heavy atom. The van der Waals surface area contributed by atoms with E-state index in [1.807, 2.05) is 43.8 Å². The second kappa shape index (κ2) is 6.51. The molecule has 1 aromatic carbocycles. The third-order valence-corrected chi connectivity index (χ3v) is 5.27. The molecule has 0 saturated carbocycles. The zero-order valence-electron chi connectivity index (χ0n) is 14.5. The summed E-state index contributed by atoms with van der Waals surface area (Å²) in [6.07, 6.45) is 5.86. The van der Waals surface area contributed by atoms with Crippen LogP contribution in [-0.4, -0.2) is 45.8 Å². The van der Waals surface area contributed by atoms with Crippen LogP contribution in [0.3, 0.4) is 0 Å². The van der Waals surface area contributed by atoms with Crippen LogP contribution in [0, 0.1) is 11.3 Å². The lowest BCUT2D eigenvalue weighted by Gasteiger charge is -2.23. The number of hydrogen-bond acceptors (Lipinski definition) is 5. The van der Waals surface area contributed by atoms with Crippen molar-refractivity contribution in [2.75, 3.05) is 25.0 Å². The Morgan fingerprint density at radius 3 is 3.20 bits per heavy atom. The third-order valence-electron chi connectivity index (χ3n) is 5.27. The minimum Gasteiger partial charge on any atom is -0.380 e. The largest absolute Gasteiger partial charge is 0.380 e. The SMILES string of the molecule is Cn1cncc1CN1CC[C@]2(C[C@@H](Nc3cccc(C#N)c3)CO2)C1. The number of rotatable bonds is 4. The van der Waals surface area contributed by atoms with E-state index in [0.29, 0.717) is 11.6 Å². The molecule has 1 aromatic heterocycles. The molecule has 1 spiro atoms. The molecule has 4 rings (SSSR count). The highest BCUT2D eigenvalue weighted by atomic mass is 16.5. The van der Waals surface area contributed by atoms with Gasteiger partial charge in [-0.3, -0.25) is 4.90 Å². The zero-order valence-corrected chi connectivity index (χ0v) is 14.5. The van der Waals surface area contributed by atoms with Crippen molar-refractivity contribution >= 4 is 5.69 Å². The van der Waals surface area contributed by atoms with Crippen LogP contribution in [0.15, 0.2) is 36.8 Å². The van der Waals surface area contributed by atoms with Crippen LogP contribution < -0.4 is 5.32 Å². The van der Waals surface area contributed by atoms with Gasteiger partial charge in [0.1, 0.15) is 0 Å². The maximum atomic E-state index is 9.03. The normalized spacial score (nSPS) is 26.2. The fraction of sp³-hybridized carbons (Fsp3) is 0.474. The van der Waals surface area contributed by atoms with E-state index in [0.717, 1.165) is 44.8 Å². The van der Waals surface area contributed by atoms with E-state index < -0.39 is 0 Å². The summed E-state index contributed by atoms with van der Waals surface area (Å²) in [4.78, 5) is 6.65. The quantitative estimate of drug-likeness (QED) is 0.926. The molecule has 130 valence electrons. The maximum Gasteiger partial charge on any atom is 0.0992 e. The van der Waals surface area contributed by atoms with Crippen molar-refractivity contribution in [2.24, 2.45) is 7.05 Å². The van der Waals surface area contributed by atoms with E-state index in [4.69, 9.17) is 10.00 Å². The lowest BCUT2D eigenvalue weighted by molar-refractivity contribution is 0.0118. The number of nitrogens with zero attached hydrogens (tertiary/aromatic N) is 4. The molecule has 2 aliphatic rings. The van der Waals surface area contributed by atoms with Crippen LogP contribution in [0.5, 0.6) is 0 Å². The fourth-order valence-electron chi connectivity index (χ4n) is 3.96. The standard InChI is InChI=1S/C19H23N5O/c1-23-14-21-10-18(23)11-24-6-5-19(13-24)8-17(12-25-19)22-16-4-2-3-15(7-16)9-20/h2-4,7,10,14,17,22H,5-6,8,11-13H2,1H3/t17-,19+/m1/s1.